The SMILES string of the molecule is Cc1csc(NC(=O)[C@H]2CS[C@]3(C)CCC(=O)N23)n1. The molecular weight excluding hydrogens is 282 g/mol. The first-order valence-electron chi connectivity index (χ1n) is 6.19. The normalized spacial score (nSPS) is 29.7. The summed E-state index contributed by atoms with van der Waals surface area (Å²) in [5.41, 5.74) is 0.892. The molecule has 2 atom stereocenters. The summed E-state index contributed by atoms with van der Waals surface area (Å²) in [6.07, 6.45) is 1.38. The second-order valence-corrected chi connectivity index (χ2v) is 7.41. The van der Waals surface area contributed by atoms with Gasteiger partial charge in [-0.15, -0.1) is 23.1 Å². The van der Waals surface area contributed by atoms with E-state index >= 15 is 0 Å². The van der Waals surface area contributed by atoms with Gasteiger partial charge in [-0.25, -0.2) is 4.98 Å². The Morgan fingerprint density at radius 1 is 1.63 bits per heavy atom. The lowest BCUT2D eigenvalue weighted by molar-refractivity contribution is -0.135. The van der Waals surface area contributed by atoms with Gasteiger partial charge in [-0.05, 0) is 20.3 Å². The third kappa shape index (κ3) is 2.14. The number of aryl methyl sites for hydroxylation is 1. The summed E-state index contributed by atoms with van der Waals surface area (Å²) in [5.74, 6) is 0.627. The predicted molar refractivity (Wildman–Crippen MR) is 76.2 cm³/mol. The van der Waals surface area contributed by atoms with Crippen LogP contribution in [0.25, 0.3) is 0 Å². The molecule has 0 radical (unpaired) electrons. The summed E-state index contributed by atoms with van der Waals surface area (Å²) in [5, 5.41) is 5.31. The molecule has 3 heterocycles. The van der Waals surface area contributed by atoms with Crippen LogP contribution in [0.15, 0.2) is 5.38 Å². The van der Waals surface area contributed by atoms with Crippen LogP contribution in [-0.4, -0.2) is 38.4 Å². The number of carbonyl (C=O) groups is 2. The lowest BCUT2D eigenvalue weighted by atomic mass is 10.2. The van der Waals surface area contributed by atoms with Crippen molar-refractivity contribution in [2.75, 3.05) is 11.1 Å². The molecule has 2 amide bonds. The standard InChI is InChI=1S/C12H15N3O2S2/c1-7-5-18-11(13-7)14-10(17)8-6-19-12(2)4-3-9(16)15(8)12/h5,8H,3-4,6H2,1-2H3,(H,13,14,17)/t8-,12-/m1/s1. The van der Waals surface area contributed by atoms with Crippen molar-refractivity contribution in [3.63, 3.8) is 0 Å². The number of hydrogen-bond donors (Lipinski definition) is 1. The van der Waals surface area contributed by atoms with E-state index in [1.165, 1.54) is 11.3 Å². The van der Waals surface area contributed by atoms with E-state index in [-0.39, 0.29) is 22.7 Å². The molecule has 102 valence electrons. The Morgan fingerprint density at radius 3 is 3.11 bits per heavy atom. The van der Waals surface area contributed by atoms with Crippen LogP contribution in [0.5, 0.6) is 0 Å². The van der Waals surface area contributed by atoms with Crippen LogP contribution in [0.1, 0.15) is 25.5 Å². The van der Waals surface area contributed by atoms with E-state index in [0.717, 1.165) is 12.1 Å². The topological polar surface area (TPSA) is 62.3 Å². The van der Waals surface area contributed by atoms with Crippen LogP contribution in [0.2, 0.25) is 0 Å². The first-order chi connectivity index (χ1) is 8.99. The van der Waals surface area contributed by atoms with E-state index in [9.17, 15) is 9.59 Å². The van der Waals surface area contributed by atoms with Gasteiger partial charge in [-0.2, -0.15) is 0 Å². The van der Waals surface area contributed by atoms with E-state index in [2.05, 4.69) is 10.3 Å². The van der Waals surface area contributed by atoms with Gasteiger partial charge in [0.15, 0.2) is 5.13 Å². The van der Waals surface area contributed by atoms with E-state index in [1.807, 2.05) is 19.2 Å². The monoisotopic (exact) mass is 297 g/mol. The maximum atomic E-state index is 12.3. The number of carbonyl (C=O) groups excluding carboxylic acids is 2. The summed E-state index contributed by atoms with van der Waals surface area (Å²) in [4.78, 5) is 30.0. The van der Waals surface area contributed by atoms with Crippen molar-refractivity contribution in [2.45, 2.75) is 37.6 Å². The van der Waals surface area contributed by atoms with Crippen LogP contribution >= 0.6 is 23.1 Å². The number of thiazole rings is 1. The van der Waals surface area contributed by atoms with Gasteiger partial charge in [0.05, 0.1) is 10.6 Å². The highest BCUT2D eigenvalue weighted by Gasteiger charge is 2.52. The number of nitrogens with one attached hydrogen (secondary N) is 1. The van der Waals surface area contributed by atoms with Gasteiger partial charge in [0.25, 0.3) is 0 Å². The highest BCUT2D eigenvalue weighted by molar-refractivity contribution is 8.01. The van der Waals surface area contributed by atoms with Crippen LogP contribution < -0.4 is 5.32 Å². The van der Waals surface area contributed by atoms with Crippen LogP contribution in [0.4, 0.5) is 5.13 Å². The van der Waals surface area contributed by atoms with Gasteiger partial charge in [-0.3, -0.25) is 9.59 Å². The zero-order chi connectivity index (χ0) is 13.6. The summed E-state index contributed by atoms with van der Waals surface area (Å²) in [6.45, 7) is 3.93. The number of fused-ring (bicyclic) bond motifs is 1. The molecule has 1 aromatic rings. The smallest absolute Gasteiger partial charge is 0.249 e. The molecule has 0 bridgehead atoms. The molecule has 2 aliphatic heterocycles. The van der Waals surface area contributed by atoms with Crippen molar-refractivity contribution in [3.8, 4) is 0 Å². The second kappa shape index (κ2) is 4.49. The average molecular weight is 297 g/mol. The van der Waals surface area contributed by atoms with Crippen LogP contribution in [0, 0.1) is 6.92 Å². The third-order valence-electron chi connectivity index (χ3n) is 3.60. The second-order valence-electron chi connectivity index (χ2n) is 5.05. The molecule has 2 aliphatic rings. The summed E-state index contributed by atoms with van der Waals surface area (Å²) >= 11 is 3.11. The molecule has 1 aromatic heterocycles. The van der Waals surface area contributed by atoms with Crippen LogP contribution in [0.3, 0.4) is 0 Å². The Bertz CT molecular complexity index is 545. The molecular formula is C12H15N3O2S2. The minimum Gasteiger partial charge on any atom is -0.315 e. The number of thioether (sulfide) groups is 1. The molecule has 19 heavy (non-hydrogen) atoms. The van der Waals surface area contributed by atoms with Crippen molar-refractivity contribution in [1.82, 2.24) is 9.88 Å². The molecule has 0 unspecified atom stereocenters. The maximum Gasteiger partial charge on any atom is 0.249 e. The van der Waals surface area contributed by atoms with Crippen molar-refractivity contribution in [3.05, 3.63) is 11.1 Å². The lowest BCUT2D eigenvalue weighted by Crippen LogP contribution is -2.48. The highest BCUT2D eigenvalue weighted by Crippen LogP contribution is 2.47. The van der Waals surface area contributed by atoms with Crippen molar-refractivity contribution >= 4 is 40.0 Å². The number of rotatable bonds is 2. The summed E-state index contributed by atoms with van der Waals surface area (Å²) < 4.78 is 0. The minimum absolute atomic E-state index is 0.0861. The van der Waals surface area contributed by atoms with Gasteiger partial charge in [0.1, 0.15) is 6.04 Å². The molecule has 0 aromatic carbocycles. The fourth-order valence-electron chi connectivity index (χ4n) is 2.61. The van der Waals surface area contributed by atoms with Crippen LogP contribution in [-0.2, 0) is 9.59 Å². The number of amides is 2. The molecule has 2 saturated heterocycles. The third-order valence-corrected chi connectivity index (χ3v) is 5.98. The molecule has 2 fully saturated rings. The molecule has 3 rings (SSSR count). The Hall–Kier alpha value is -1.08. The van der Waals surface area contributed by atoms with Crippen molar-refractivity contribution in [2.24, 2.45) is 0 Å². The Balaban J connectivity index is 1.76. The average Bonchev–Trinajstić information content (AvgIpc) is 2.97. The minimum atomic E-state index is -0.366. The Labute approximate surface area is 119 Å². The molecule has 0 saturated carbocycles. The van der Waals surface area contributed by atoms with E-state index < -0.39 is 0 Å². The van der Waals surface area contributed by atoms with Gasteiger partial charge in [-0.1, -0.05) is 0 Å². The van der Waals surface area contributed by atoms with E-state index in [0.29, 0.717) is 17.3 Å². The van der Waals surface area contributed by atoms with Crippen molar-refractivity contribution < 1.29 is 9.59 Å². The van der Waals surface area contributed by atoms with Crippen molar-refractivity contribution in [1.29, 1.82) is 0 Å². The number of hydrogen-bond acceptors (Lipinski definition) is 5. The highest BCUT2D eigenvalue weighted by atomic mass is 32.2. The largest absolute Gasteiger partial charge is 0.315 e. The van der Waals surface area contributed by atoms with E-state index in [4.69, 9.17) is 0 Å². The summed E-state index contributed by atoms with van der Waals surface area (Å²) in [6, 6.07) is -0.366. The Morgan fingerprint density at radius 2 is 2.42 bits per heavy atom. The zero-order valence-electron chi connectivity index (χ0n) is 10.8. The summed E-state index contributed by atoms with van der Waals surface area (Å²) in [7, 11) is 0. The lowest BCUT2D eigenvalue weighted by Gasteiger charge is -2.29. The number of anilines is 1. The molecule has 0 spiro atoms. The van der Waals surface area contributed by atoms with Gasteiger partial charge in [0, 0.05) is 17.6 Å². The molecule has 1 N–H and O–H groups in total. The Kier molecular flexibility index (Phi) is 3.05. The van der Waals surface area contributed by atoms with Gasteiger partial charge >= 0.3 is 0 Å². The molecule has 0 aliphatic carbocycles. The number of nitrogens with zero attached hydrogens (tertiary/aromatic N) is 2. The molecule has 7 heteroatoms. The molecule has 5 nitrogen and oxygen atoms in total. The quantitative estimate of drug-likeness (QED) is 0.905. The first-order valence-corrected chi connectivity index (χ1v) is 8.05. The van der Waals surface area contributed by atoms with Gasteiger partial charge < -0.3 is 10.2 Å². The maximum absolute atomic E-state index is 12.3. The fraction of sp³-hybridized carbons (Fsp3) is 0.583. The predicted octanol–water partition coefficient (Wildman–Crippen LogP) is 1.84. The zero-order valence-corrected chi connectivity index (χ0v) is 12.4. The fourth-order valence-corrected chi connectivity index (χ4v) is 4.74. The van der Waals surface area contributed by atoms with Gasteiger partial charge in [0.2, 0.25) is 11.8 Å². The van der Waals surface area contributed by atoms with E-state index in [1.54, 1.807) is 16.7 Å². The number of aromatic nitrogens is 1. The first kappa shape index (κ1) is 12.9.